The van der Waals surface area contributed by atoms with Crippen molar-refractivity contribution in [3.63, 3.8) is 0 Å². The monoisotopic (exact) mass is 219 g/mol. The van der Waals surface area contributed by atoms with E-state index in [2.05, 4.69) is 19.2 Å². The van der Waals surface area contributed by atoms with Crippen molar-refractivity contribution < 1.29 is 19.8 Å². The molecule has 0 radical (unpaired) electrons. The van der Waals surface area contributed by atoms with Crippen molar-refractivity contribution in [3.8, 4) is 0 Å². The van der Waals surface area contributed by atoms with Crippen LogP contribution >= 0.6 is 0 Å². The number of unbranched alkanes of at least 4 members (excludes halogenated alkanes) is 2. The summed E-state index contributed by atoms with van der Waals surface area (Å²) in [5.74, 6) is -3.65. The zero-order valence-electron chi connectivity index (χ0n) is 9.62. The molecule has 0 bridgehead atoms. The number of carboxylic acid groups (broad SMARTS) is 2. The first-order valence-corrected chi connectivity index (χ1v) is 5.09. The van der Waals surface area contributed by atoms with Crippen LogP contribution in [0.25, 0.3) is 0 Å². The highest BCUT2D eigenvalue weighted by Crippen LogP contribution is 2.01. The maximum atomic E-state index is 9.10. The molecule has 1 unspecified atom stereocenters. The summed E-state index contributed by atoms with van der Waals surface area (Å²) < 4.78 is 0. The highest BCUT2D eigenvalue weighted by atomic mass is 16.4. The molecule has 0 rings (SSSR count). The van der Waals surface area contributed by atoms with E-state index < -0.39 is 11.9 Å². The summed E-state index contributed by atoms with van der Waals surface area (Å²) in [5.41, 5.74) is 0. The lowest BCUT2D eigenvalue weighted by Crippen LogP contribution is -2.20. The molecule has 90 valence electrons. The molecule has 0 fully saturated rings. The highest BCUT2D eigenvalue weighted by Gasteiger charge is 2.04. The molecule has 0 saturated heterocycles. The molecule has 0 heterocycles. The average molecular weight is 219 g/mol. The standard InChI is InChI=1S/C8H19N.C2H2O4/c1-4-5-6-7-8(2)9-3;3-1(4)2(5)6/h8-9H,4-7H2,1-3H3;(H,3,4)(H,5,6). The first-order chi connectivity index (χ1) is 6.95. The Hall–Kier alpha value is -1.10. The summed E-state index contributed by atoms with van der Waals surface area (Å²) in [6, 6.07) is 0.705. The summed E-state index contributed by atoms with van der Waals surface area (Å²) in [6.45, 7) is 4.47. The van der Waals surface area contributed by atoms with Gasteiger partial charge in [-0.15, -0.1) is 0 Å². The van der Waals surface area contributed by atoms with E-state index in [9.17, 15) is 0 Å². The van der Waals surface area contributed by atoms with Crippen molar-refractivity contribution in [2.45, 2.75) is 45.6 Å². The largest absolute Gasteiger partial charge is 0.473 e. The first-order valence-electron chi connectivity index (χ1n) is 5.09. The highest BCUT2D eigenvalue weighted by molar-refractivity contribution is 6.27. The summed E-state index contributed by atoms with van der Waals surface area (Å²) in [5, 5.41) is 18.0. The van der Waals surface area contributed by atoms with Crippen LogP contribution in [0.1, 0.15) is 39.5 Å². The minimum absolute atomic E-state index is 0.705. The van der Waals surface area contributed by atoms with Gasteiger partial charge in [0.2, 0.25) is 0 Å². The molecule has 0 aromatic heterocycles. The molecular formula is C10H21NO4. The molecule has 0 aliphatic carbocycles. The Balaban J connectivity index is 0. The van der Waals surface area contributed by atoms with Crippen molar-refractivity contribution in [3.05, 3.63) is 0 Å². The zero-order valence-corrected chi connectivity index (χ0v) is 9.62. The third-order valence-corrected chi connectivity index (χ3v) is 1.92. The Bertz CT molecular complexity index is 170. The van der Waals surface area contributed by atoms with E-state index in [1.54, 1.807) is 0 Å². The van der Waals surface area contributed by atoms with Crippen molar-refractivity contribution in [2.24, 2.45) is 0 Å². The van der Waals surface area contributed by atoms with E-state index in [0.717, 1.165) is 0 Å². The van der Waals surface area contributed by atoms with Crippen molar-refractivity contribution in [1.82, 2.24) is 5.32 Å². The summed E-state index contributed by atoms with van der Waals surface area (Å²) in [6.07, 6.45) is 5.41. The van der Waals surface area contributed by atoms with E-state index in [4.69, 9.17) is 19.8 Å². The minimum Gasteiger partial charge on any atom is -0.473 e. The quantitative estimate of drug-likeness (QED) is 0.479. The summed E-state index contributed by atoms with van der Waals surface area (Å²) >= 11 is 0. The van der Waals surface area contributed by atoms with Crippen molar-refractivity contribution in [1.29, 1.82) is 0 Å². The number of hydrogen-bond acceptors (Lipinski definition) is 3. The van der Waals surface area contributed by atoms with Gasteiger partial charge in [0.25, 0.3) is 0 Å². The molecular weight excluding hydrogens is 198 g/mol. The fourth-order valence-electron chi connectivity index (χ4n) is 0.845. The van der Waals surface area contributed by atoms with Gasteiger partial charge in [-0.05, 0) is 20.4 Å². The second kappa shape index (κ2) is 11.0. The Morgan fingerprint density at radius 2 is 1.67 bits per heavy atom. The number of hydrogen-bond donors (Lipinski definition) is 3. The number of aliphatic carboxylic acids is 2. The van der Waals surface area contributed by atoms with Gasteiger partial charge < -0.3 is 15.5 Å². The zero-order chi connectivity index (χ0) is 12.3. The molecule has 3 N–H and O–H groups in total. The molecule has 0 amide bonds. The average Bonchev–Trinajstić information content (AvgIpc) is 2.18. The fraction of sp³-hybridized carbons (Fsp3) is 0.800. The lowest BCUT2D eigenvalue weighted by Gasteiger charge is -2.07. The van der Waals surface area contributed by atoms with Gasteiger partial charge in [0.1, 0.15) is 0 Å². The van der Waals surface area contributed by atoms with Crippen LogP contribution in [0.4, 0.5) is 0 Å². The van der Waals surface area contributed by atoms with Crippen LogP contribution in [-0.4, -0.2) is 35.2 Å². The molecule has 5 heteroatoms. The lowest BCUT2D eigenvalue weighted by molar-refractivity contribution is -0.159. The third-order valence-electron chi connectivity index (χ3n) is 1.92. The first kappa shape index (κ1) is 16.3. The second-order valence-corrected chi connectivity index (χ2v) is 3.30. The predicted octanol–water partition coefficient (Wildman–Crippen LogP) is 1.33. The second-order valence-electron chi connectivity index (χ2n) is 3.30. The van der Waals surface area contributed by atoms with Crippen molar-refractivity contribution in [2.75, 3.05) is 7.05 Å². The van der Waals surface area contributed by atoms with Crippen LogP contribution in [0.15, 0.2) is 0 Å². The maximum absolute atomic E-state index is 9.10. The van der Waals surface area contributed by atoms with Crippen LogP contribution in [-0.2, 0) is 9.59 Å². The number of carboxylic acids is 2. The van der Waals surface area contributed by atoms with Gasteiger partial charge in [0, 0.05) is 6.04 Å². The van der Waals surface area contributed by atoms with Gasteiger partial charge in [-0.1, -0.05) is 26.2 Å². The Kier molecular flexibility index (Phi) is 12.0. The summed E-state index contributed by atoms with van der Waals surface area (Å²) in [7, 11) is 2.02. The normalized spacial score (nSPS) is 11.1. The summed E-state index contributed by atoms with van der Waals surface area (Å²) in [4.78, 5) is 18.2. The van der Waals surface area contributed by atoms with Gasteiger partial charge in [0.05, 0.1) is 0 Å². The minimum atomic E-state index is -1.82. The number of carbonyl (C=O) groups is 2. The Morgan fingerprint density at radius 3 is 1.93 bits per heavy atom. The predicted molar refractivity (Wildman–Crippen MR) is 57.9 cm³/mol. The van der Waals surface area contributed by atoms with Crippen LogP contribution in [0, 0.1) is 0 Å². The molecule has 1 atom stereocenters. The number of nitrogens with one attached hydrogen (secondary N) is 1. The van der Waals surface area contributed by atoms with Crippen LogP contribution < -0.4 is 5.32 Å². The molecule has 0 spiro atoms. The SMILES string of the molecule is CCCCCC(C)NC.O=C(O)C(=O)O. The van der Waals surface area contributed by atoms with E-state index in [-0.39, 0.29) is 0 Å². The Labute approximate surface area is 90.5 Å². The van der Waals surface area contributed by atoms with Crippen LogP contribution in [0.3, 0.4) is 0 Å². The van der Waals surface area contributed by atoms with E-state index in [1.165, 1.54) is 25.7 Å². The van der Waals surface area contributed by atoms with Crippen LogP contribution in [0.2, 0.25) is 0 Å². The molecule has 0 saturated carbocycles. The van der Waals surface area contributed by atoms with Gasteiger partial charge >= 0.3 is 11.9 Å². The topological polar surface area (TPSA) is 86.6 Å². The number of rotatable bonds is 5. The van der Waals surface area contributed by atoms with Gasteiger partial charge in [-0.3, -0.25) is 0 Å². The van der Waals surface area contributed by atoms with Gasteiger partial charge in [-0.2, -0.15) is 0 Å². The molecule has 0 aliphatic rings. The molecule has 15 heavy (non-hydrogen) atoms. The molecule has 0 aliphatic heterocycles. The smallest absolute Gasteiger partial charge is 0.414 e. The van der Waals surface area contributed by atoms with Crippen LogP contribution in [0.5, 0.6) is 0 Å². The van der Waals surface area contributed by atoms with Crippen molar-refractivity contribution >= 4 is 11.9 Å². The Morgan fingerprint density at radius 1 is 1.20 bits per heavy atom. The maximum Gasteiger partial charge on any atom is 0.414 e. The van der Waals surface area contributed by atoms with Gasteiger partial charge in [-0.25, -0.2) is 9.59 Å². The van der Waals surface area contributed by atoms with E-state index >= 15 is 0 Å². The van der Waals surface area contributed by atoms with Gasteiger partial charge in [0.15, 0.2) is 0 Å². The molecule has 0 aromatic carbocycles. The molecule has 5 nitrogen and oxygen atoms in total. The van der Waals surface area contributed by atoms with E-state index in [1.807, 2.05) is 7.05 Å². The third kappa shape index (κ3) is 15.6. The van der Waals surface area contributed by atoms with E-state index in [0.29, 0.717) is 6.04 Å². The molecule has 0 aromatic rings. The fourth-order valence-corrected chi connectivity index (χ4v) is 0.845. The lowest BCUT2D eigenvalue weighted by atomic mass is 10.1.